The molecule has 2 N–H and O–H groups in total. The highest BCUT2D eigenvalue weighted by molar-refractivity contribution is 7.22. The minimum absolute atomic E-state index is 0.0284. The first kappa shape index (κ1) is 28.5. The Labute approximate surface area is 281 Å². The second-order valence-corrected chi connectivity index (χ2v) is 14.5. The third-order valence-corrected chi connectivity index (χ3v) is 11.3. The van der Waals surface area contributed by atoms with Crippen LogP contribution in [0.3, 0.4) is 0 Å². The van der Waals surface area contributed by atoms with Crippen LogP contribution in [0.4, 0.5) is 0 Å². The molecule has 6 aromatic carbocycles. The maximum absolute atomic E-state index is 12.0. The molecule has 9 aromatic rings. The van der Waals surface area contributed by atoms with Gasteiger partial charge in [-0.3, -0.25) is 0 Å². The zero-order valence-corrected chi connectivity index (χ0v) is 27.3. The van der Waals surface area contributed by atoms with Crippen LogP contribution in [0.5, 0.6) is 0 Å². The molecule has 9 rings (SSSR count). The van der Waals surface area contributed by atoms with Crippen molar-refractivity contribution in [3.05, 3.63) is 120 Å². The summed E-state index contributed by atoms with van der Waals surface area (Å²) in [5, 5.41) is 29.4. The van der Waals surface area contributed by atoms with E-state index < -0.39 is 11.9 Å². The Morgan fingerprint density at radius 1 is 0.521 bits per heavy atom. The number of fused-ring (bicyclic) bond motifs is 6. The molecule has 230 valence electrons. The zero-order valence-electron chi connectivity index (χ0n) is 25.7. The Morgan fingerprint density at radius 3 is 1.65 bits per heavy atom. The summed E-state index contributed by atoms with van der Waals surface area (Å²) in [6, 6.07) is 30.5. The summed E-state index contributed by atoms with van der Waals surface area (Å²) in [5.74, 6) is -2.32. The second kappa shape index (κ2) is 10.4. The highest BCUT2D eigenvalue weighted by Crippen LogP contribution is 2.40. The lowest BCUT2D eigenvalue weighted by Crippen LogP contribution is -2.03. The average molecular weight is 661 g/mol. The van der Waals surface area contributed by atoms with Crippen molar-refractivity contribution < 1.29 is 19.8 Å². The predicted octanol–water partition coefficient (Wildman–Crippen LogP) is 10.9. The van der Waals surface area contributed by atoms with Crippen LogP contribution in [0.1, 0.15) is 31.8 Å². The molecule has 0 aliphatic carbocycles. The van der Waals surface area contributed by atoms with Crippen LogP contribution >= 0.6 is 22.7 Å². The number of benzene rings is 6. The van der Waals surface area contributed by atoms with Crippen molar-refractivity contribution in [1.29, 1.82) is 0 Å². The number of thiophene rings is 2. The molecule has 0 atom stereocenters. The van der Waals surface area contributed by atoms with E-state index in [-0.39, 0.29) is 11.1 Å². The summed E-state index contributed by atoms with van der Waals surface area (Å²) in [6.07, 6.45) is 1.62. The summed E-state index contributed by atoms with van der Waals surface area (Å²) < 4.78 is 2.26. The zero-order chi connectivity index (χ0) is 32.8. The Kier molecular flexibility index (Phi) is 6.18. The number of rotatable bonds is 4. The molecule has 0 amide bonds. The van der Waals surface area contributed by atoms with Crippen molar-refractivity contribution in [3.63, 3.8) is 0 Å². The Morgan fingerprint density at radius 2 is 1.06 bits per heavy atom. The van der Waals surface area contributed by atoms with E-state index in [4.69, 9.17) is 0 Å². The molecule has 0 radical (unpaired) electrons. The van der Waals surface area contributed by atoms with Gasteiger partial charge in [-0.05, 0) is 152 Å². The van der Waals surface area contributed by atoms with Gasteiger partial charge in [0.15, 0.2) is 0 Å². The normalized spacial score (nSPS) is 11.9. The largest absolute Gasteiger partial charge is 0.478 e. The lowest BCUT2D eigenvalue weighted by atomic mass is 9.96. The number of aromatic nitrogens is 2. The van der Waals surface area contributed by atoms with Gasteiger partial charge in [-0.2, -0.15) is 0 Å². The average Bonchev–Trinajstić information content (AvgIpc) is 3.67. The molecule has 6 nitrogen and oxygen atoms in total. The second-order valence-electron chi connectivity index (χ2n) is 12.3. The monoisotopic (exact) mass is 660 g/mol. The van der Waals surface area contributed by atoms with Crippen molar-refractivity contribution in [2.75, 3.05) is 0 Å². The van der Waals surface area contributed by atoms with Crippen molar-refractivity contribution >= 4 is 97.9 Å². The van der Waals surface area contributed by atoms with Crippen molar-refractivity contribution in [2.45, 2.75) is 13.8 Å². The van der Waals surface area contributed by atoms with Crippen molar-refractivity contribution in [2.24, 2.45) is 0 Å². The van der Waals surface area contributed by atoms with Gasteiger partial charge < -0.3 is 10.2 Å². The number of aryl methyl sites for hydroxylation is 2. The first-order valence-corrected chi connectivity index (χ1v) is 16.9. The van der Waals surface area contributed by atoms with Crippen LogP contribution < -0.4 is 0 Å². The molecule has 0 spiro atoms. The first-order chi connectivity index (χ1) is 23.2. The summed E-state index contributed by atoms with van der Waals surface area (Å²) >= 11 is 3.35. The fraction of sp³-hybridized carbons (Fsp3) is 0.0500. The molecule has 3 heterocycles. The van der Waals surface area contributed by atoms with Gasteiger partial charge in [0.25, 0.3) is 0 Å². The van der Waals surface area contributed by atoms with Gasteiger partial charge >= 0.3 is 11.9 Å². The molecule has 0 fully saturated rings. The van der Waals surface area contributed by atoms with Crippen molar-refractivity contribution in [1.82, 2.24) is 9.97 Å². The van der Waals surface area contributed by atoms with Crippen LogP contribution in [-0.4, -0.2) is 32.1 Å². The smallest absolute Gasteiger partial charge is 0.336 e. The van der Waals surface area contributed by atoms with Gasteiger partial charge in [-0.1, -0.05) is 17.7 Å². The number of carbonyl (C=O) groups is 2. The minimum Gasteiger partial charge on any atom is -0.478 e. The molecule has 0 saturated carbocycles. The summed E-state index contributed by atoms with van der Waals surface area (Å²) in [5.41, 5.74) is 4.17. The molecule has 3 aromatic heterocycles. The third-order valence-electron chi connectivity index (χ3n) is 9.09. The fourth-order valence-corrected chi connectivity index (χ4v) is 8.97. The van der Waals surface area contributed by atoms with Gasteiger partial charge in [-0.25, -0.2) is 19.6 Å². The SMILES string of the molecule is Cc1cc(C)c2cc3cc4cc(-c5cc(-c6cc7cc8cc9c(C(=O)O)cc(C(=O)O)cc9cc8cc7s6)ncn5)sc4cc3cc2c1. The first-order valence-electron chi connectivity index (χ1n) is 15.3. The van der Waals surface area contributed by atoms with Crippen LogP contribution in [0.2, 0.25) is 0 Å². The predicted molar refractivity (Wildman–Crippen MR) is 197 cm³/mol. The van der Waals surface area contributed by atoms with E-state index >= 15 is 0 Å². The molecular formula is C40H24N2O4S2. The van der Waals surface area contributed by atoms with Crippen LogP contribution in [0.25, 0.3) is 84.4 Å². The number of carboxylic acid groups (broad SMARTS) is 2. The maximum atomic E-state index is 12.0. The number of nitrogens with zero attached hydrogens (tertiary/aromatic N) is 2. The highest BCUT2D eigenvalue weighted by Gasteiger charge is 2.17. The van der Waals surface area contributed by atoms with Gasteiger partial charge in [0.2, 0.25) is 0 Å². The molecule has 8 heteroatoms. The molecular weight excluding hydrogens is 637 g/mol. The Hall–Kier alpha value is -5.70. The van der Waals surface area contributed by atoms with E-state index in [1.807, 2.05) is 24.3 Å². The molecule has 0 aliphatic heterocycles. The van der Waals surface area contributed by atoms with E-state index in [2.05, 4.69) is 78.4 Å². The van der Waals surface area contributed by atoms with E-state index in [1.54, 1.807) is 29.0 Å². The topological polar surface area (TPSA) is 100 Å². The van der Waals surface area contributed by atoms with Crippen molar-refractivity contribution in [3.8, 4) is 21.1 Å². The summed E-state index contributed by atoms with van der Waals surface area (Å²) in [7, 11) is 0. The van der Waals surface area contributed by atoms with E-state index in [9.17, 15) is 19.8 Å². The van der Waals surface area contributed by atoms with Gasteiger partial charge in [0.1, 0.15) is 6.33 Å². The number of carboxylic acids is 2. The molecule has 0 unspecified atom stereocenters. The van der Waals surface area contributed by atoms with Crippen LogP contribution in [0, 0.1) is 13.8 Å². The molecule has 0 bridgehead atoms. The van der Waals surface area contributed by atoms with Gasteiger partial charge in [-0.15, -0.1) is 22.7 Å². The van der Waals surface area contributed by atoms with E-state index in [0.717, 1.165) is 42.0 Å². The Balaban J connectivity index is 1.12. The summed E-state index contributed by atoms with van der Waals surface area (Å²) in [6.45, 7) is 4.31. The number of aromatic carboxylic acids is 2. The standard InChI is InChI=1S/C40H24N2O4S2/c1-19-3-20(2)30-10-21-7-27-15-37(47-35(27)13-23(21)5-25(30)4-19)33-17-34(42-18-41-33)38-16-28-8-22-11-31-26(6-24(22)14-36(28)48-38)9-29(39(43)44)12-32(31)40(45)46/h3-18H,1-2H3,(H,43,44)(H,45,46). The van der Waals surface area contributed by atoms with Gasteiger partial charge in [0, 0.05) is 9.40 Å². The number of hydrogen-bond acceptors (Lipinski definition) is 6. The molecule has 48 heavy (non-hydrogen) atoms. The highest BCUT2D eigenvalue weighted by atomic mass is 32.1. The van der Waals surface area contributed by atoms with E-state index in [0.29, 0.717) is 10.8 Å². The minimum atomic E-state index is -1.16. The molecule has 0 saturated heterocycles. The fourth-order valence-electron chi connectivity index (χ4n) is 6.85. The molecule has 0 aliphatic rings. The van der Waals surface area contributed by atoms with Crippen LogP contribution in [-0.2, 0) is 0 Å². The third kappa shape index (κ3) is 4.60. The maximum Gasteiger partial charge on any atom is 0.336 e. The summed E-state index contributed by atoms with van der Waals surface area (Å²) in [4.78, 5) is 35.0. The lowest BCUT2D eigenvalue weighted by molar-refractivity contribution is 0.0696. The van der Waals surface area contributed by atoms with Gasteiger partial charge in [0.05, 0.1) is 32.3 Å². The quantitative estimate of drug-likeness (QED) is 0.182. The van der Waals surface area contributed by atoms with E-state index in [1.165, 1.54) is 54.9 Å². The van der Waals surface area contributed by atoms with Crippen LogP contribution in [0.15, 0.2) is 97.3 Å². The lowest BCUT2D eigenvalue weighted by Gasteiger charge is -2.08. The number of hydrogen-bond donors (Lipinski definition) is 2. The Bertz CT molecular complexity index is 2880.